The Morgan fingerprint density at radius 1 is 1.38 bits per heavy atom. The van der Waals surface area contributed by atoms with Gasteiger partial charge in [0.2, 0.25) is 5.91 Å². The van der Waals surface area contributed by atoms with E-state index in [0.717, 1.165) is 30.7 Å². The van der Waals surface area contributed by atoms with Crippen LogP contribution in [0.5, 0.6) is 0 Å². The third kappa shape index (κ3) is 2.86. The number of amides is 1. The van der Waals surface area contributed by atoms with Crippen LogP contribution >= 0.6 is 0 Å². The number of halogens is 1. The summed E-state index contributed by atoms with van der Waals surface area (Å²) in [6.45, 7) is 2.46. The van der Waals surface area contributed by atoms with Gasteiger partial charge in [0.05, 0.1) is 42.9 Å². The van der Waals surface area contributed by atoms with Crippen LogP contribution in [-0.2, 0) is 24.4 Å². The van der Waals surface area contributed by atoms with Crippen molar-refractivity contribution in [2.75, 3.05) is 11.4 Å². The second-order valence-electron chi connectivity index (χ2n) is 6.44. The normalized spacial score (nSPS) is 17.3. The summed E-state index contributed by atoms with van der Waals surface area (Å²) in [5, 5.41) is 7.51. The third-order valence-corrected chi connectivity index (χ3v) is 4.86. The highest BCUT2D eigenvalue weighted by atomic mass is 19.1. The van der Waals surface area contributed by atoms with Crippen molar-refractivity contribution in [3.63, 3.8) is 0 Å². The summed E-state index contributed by atoms with van der Waals surface area (Å²) in [7, 11) is 0. The summed E-state index contributed by atoms with van der Waals surface area (Å²) in [5.41, 5.74) is 2.46. The summed E-state index contributed by atoms with van der Waals surface area (Å²) < 4.78 is 15.9. The molecule has 0 atom stereocenters. The lowest BCUT2D eigenvalue weighted by molar-refractivity contribution is -0.127. The van der Waals surface area contributed by atoms with Crippen molar-refractivity contribution in [2.24, 2.45) is 5.92 Å². The standard InChI is InChI=1S/C17H20FN5O/c18-15-10-19-5-4-16(15)22-6-7-23-14(11-22)8-13(21-23)9-20-17(24)12-2-1-3-12/h4-5,8,10,12H,1-3,6-7,9,11H2,(H,20,24). The first-order valence-electron chi connectivity index (χ1n) is 8.38. The van der Waals surface area contributed by atoms with Gasteiger partial charge >= 0.3 is 0 Å². The van der Waals surface area contributed by atoms with Gasteiger partial charge in [-0.3, -0.25) is 14.5 Å². The van der Waals surface area contributed by atoms with Gasteiger partial charge in [-0.1, -0.05) is 6.42 Å². The van der Waals surface area contributed by atoms with Crippen LogP contribution in [0.15, 0.2) is 24.5 Å². The molecule has 1 aliphatic carbocycles. The molecule has 1 N–H and O–H groups in total. The highest BCUT2D eigenvalue weighted by Crippen LogP contribution is 2.26. The first kappa shape index (κ1) is 15.1. The van der Waals surface area contributed by atoms with Crippen LogP contribution in [0.1, 0.15) is 30.7 Å². The molecule has 0 saturated heterocycles. The second-order valence-corrected chi connectivity index (χ2v) is 6.44. The topological polar surface area (TPSA) is 63.1 Å². The second kappa shape index (κ2) is 6.22. The van der Waals surface area contributed by atoms with Crippen molar-refractivity contribution in [1.82, 2.24) is 20.1 Å². The van der Waals surface area contributed by atoms with Gasteiger partial charge in [0, 0.05) is 18.7 Å². The highest BCUT2D eigenvalue weighted by molar-refractivity contribution is 5.79. The number of fused-ring (bicyclic) bond motifs is 1. The largest absolute Gasteiger partial charge is 0.361 e. The Kier molecular flexibility index (Phi) is 3.92. The highest BCUT2D eigenvalue weighted by Gasteiger charge is 2.25. The van der Waals surface area contributed by atoms with E-state index in [2.05, 4.69) is 15.4 Å². The van der Waals surface area contributed by atoms with E-state index in [0.29, 0.717) is 31.9 Å². The fourth-order valence-electron chi connectivity index (χ4n) is 3.23. The van der Waals surface area contributed by atoms with E-state index in [-0.39, 0.29) is 17.6 Å². The van der Waals surface area contributed by atoms with Gasteiger partial charge in [-0.2, -0.15) is 5.10 Å². The molecule has 1 amide bonds. The molecule has 4 rings (SSSR count). The van der Waals surface area contributed by atoms with Gasteiger partial charge in [0.1, 0.15) is 0 Å². The average Bonchev–Trinajstić information content (AvgIpc) is 2.93. The molecule has 0 spiro atoms. The molecule has 0 bridgehead atoms. The molecule has 7 heteroatoms. The maximum atomic E-state index is 13.9. The Labute approximate surface area is 139 Å². The third-order valence-electron chi connectivity index (χ3n) is 4.86. The number of nitrogens with zero attached hydrogens (tertiary/aromatic N) is 4. The number of nitrogens with one attached hydrogen (secondary N) is 1. The molecule has 3 heterocycles. The molecule has 2 aromatic heterocycles. The van der Waals surface area contributed by atoms with Crippen LogP contribution in [0, 0.1) is 11.7 Å². The van der Waals surface area contributed by atoms with E-state index in [1.165, 1.54) is 6.20 Å². The molecular weight excluding hydrogens is 309 g/mol. The maximum absolute atomic E-state index is 13.9. The van der Waals surface area contributed by atoms with Crippen LogP contribution in [-0.4, -0.2) is 27.2 Å². The van der Waals surface area contributed by atoms with E-state index < -0.39 is 0 Å². The molecule has 0 aromatic carbocycles. The van der Waals surface area contributed by atoms with Gasteiger partial charge in [-0.05, 0) is 25.0 Å². The number of aromatic nitrogens is 3. The Morgan fingerprint density at radius 3 is 3.00 bits per heavy atom. The van der Waals surface area contributed by atoms with Gasteiger partial charge in [-0.25, -0.2) is 4.39 Å². The average molecular weight is 329 g/mol. The van der Waals surface area contributed by atoms with Crippen LogP contribution in [0.2, 0.25) is 0 Å². The lowest BCUT2D eigenvalue weighted by Gasteiger charge is -2.29. The first-order valence-corrected chi connectivity index (χ1v) is 8.38. The van der Waals surface area contributed by atoms with E-state index in [1.54, 1.807) is 12.3 Å². The Balaban J connectivity index is 1.42. The fourth-order valence-corrected chi connectivity index (χ4v) is 3.23. The maximum Gasteiger partial charge on any atom is 0.223 e. The molecule has 6 nitrogen and oxygen atoms in total. The predicted octanol–water partition coefficient (Wildman–Crippen LogP) is 1.85. The van der Waals surface area contributed by atoms with Gasteiger partial charge in [0.15, 0.2) is 5.82 Å². The van der Waals surface area contributed by atoms with E-state index >= 15 is 0 Å². The zero-order valence-corrected chi connectivity index (χ0v) is 13.4. The predicted molar refractivity (Wildman–Crippen MR) is 86.7 cm³/mol. The SMILES string of the molecule is O=C(NCc1cc2n(n1)CCN(c1ccncc1F)C2)C1CCC1. The lowest BCUT2D eigenvalue weighted by atomic mass is 9.85. The van der Waals surface area contributed by atoms with Crippen molar-refractivity contribution >= 4 is 11.6 Å². The van der Waals surface area contributed by atoms with Crippen LogP contribution in [0.4, 0.5) is 10.1 Å². The fraction of sp³-hybridized carbons (Fsp3) is 0.471. The smallest absolute Gasteiger partial charge is 0.223 e. The van der Waals surface area contributed by atoms with Gasteiger partial charge in [0.25, 0.3) is 0 Å². The molecule has 1 fully saturated rings. The van der Waals surface area contributed by atoms with E-state index in [4.69, 9.17) is 0 Å². The zero-order chi connectivity index (χ0) is 16.5. The zero-order valence-electron chi connectivity index (χ0n) is 13.4. The molecular formula is C17H20FN5O. The minimum Gasteiger partial charge on any atom is -0.361 e. The number of hydrogen-bond donors (Lipinski definition) is 1. The summed E-state index contributed by atoms with van der Waals surface area (Å²) in [4.78, 5) is 17.7. The molecule has 0 radical (unpaired) electrons. The van der Waals surface area contributed by atoms with Crippen LogP contribution in [0.25, 0.3) is 0 Å². The van der Waals surface area contributed by atoms with Gasteiger partial charge < -0.3 is 10.2 Å². The Morgan fingerprint density at radius 2 is 2.25 bits per heavy atom. The number of carbonyl (C=O) groups excluding carboxylic acids is 1. The number of anilines is 1. The Hall–Kier alpha value is -2.44. The summed E-state index contributed by atoms with van der Waals surface area (Å²) in [6, 6.07) is 3.69. The van der Waals surface area contributed by atoms with Crippen molar-refractivity contribution in [2.45, 2.75) is 38.9 Å². The first-order chi connectivity index (χ1) is 11.7. The number of pyridine rings is 1. The van der Waals surface area contributed by atoms with Crippen LogP contribution in [0.3, 0.4) is 0 Å². The monoisotopic (exact) mass is 329 g/mol. The van der Waals surface area contributed by atoms with Crippen molar-refractivity contribution in [3.8, 4) is 0 Å². The molecule has 24 heavy (non-hydrogen) atoms. The molecule has 126 valence electrons. The molecule has 1 aliphatic heterocycles. The summed E-state index contributed by atoms with van der Waals surface area (Å²) in [5.74, 6) is 0.0125. The Bertz CT molecular complexity index is 755. The minimum absolute atomic E-state index is 0.132. The minimum atomic E-state index is -0.307. The number of rotatable bonds is 4. The number of hydrogen-bond acceptors (Lipinski definition) is 4. The van der Waals surface area contributed by atoms with Crippen molar-refractivity contribution in [1.29, 1.82) is 0 Å². The van der Waals surface area contributed by atoms with Gasteiger partial charge in [-0.15, -0.1) is 0 Å². The lowest BCUT2D eigenvalue weighted by Crippen LogP contribution is -2.34. The van der Waals surface area contributed by atoms with Crippen LogP contribution < -0.4 is 10.2 Å². The molecule has 2 aromatic rings. The van der Waals surface area contributed by atoms with E-state index in [1.807, 2.05) is 15.6 Å². The molecule has 0 unspecified atom stereocenters. The van der Waals surface area contributed by atoms with Crippen molar-refractivity contribution in [3.05, 3.63) is 41.7 Å². The van der Waals surface area contributed by atoms with E-state index in [9.17, 15) is 9.18 Å². The molecule has 2 aliphatic rings. The summed E-state index contributed by atoms with van der Waals surface area (Å²) >= 11 is 0. The number of carbonyl (C=O) groups is 1. The summed E-state index contributed by atoms with van der Waals surface area (Å²) in [6.07, 6.45) is 5.99. The van der Waals surface area contributed by atoms with Crippen molar-refractivity contribution < 1.29 is 9.18 Å². The molecule has 1 saturated carbocycles. The quantitative estimate of drug-likeness (QED) is 0.930.